The first kappa shape index (κ1) is 25.0. The quantitative estimate of drug-likeness (QED) is 0.202. The Bertz CT molecular complexity index is 1670. The van der Waals surface area contributed by atoms with E-state index in [2.05, 4.69) is 4.98 Å². The van der Waals surface area contributed by atoms with Crippen LogP contribution >= 0.6 is 23.1 Å². The molecule has 0 aliphatic carbocycles. The van der Waals surface area contributed by atoms with E-state index in [9.17, 15) is 28.9 Å². The number of benzene rings is 3. The van der Waals surface area contributed by atoms with Crippen molar-refractivity contribution in [1.29, 1.82) is 0 Å². The van der Waals surface area contributed by atoms with Crippen molar-refractivity contribution in [3.8, 4) is 5.75 Å². The number of nitro groups is 1. The van der Waals surface area contributed by atoms with Gasteiger partial charge in [-0.05, 0) is 35.9 Å². The third-order valence-electron chi connectivity index (χ3n) is 6.69. The number of halogens is 1. The second kappa shape index (κ2) is 9.79. The van der Waals surface area contributed by atoms with Gasteiger partial charge in [-0.2, -0.15) is 0 Å². The van der Waals surface area contributed by atoms with Crippen LogP contribution in [-0.4, -0.2) is 27.0 Å². The molecule has 3 atom stereocenters. The number of anilines is 1. The Hall–Kier alpha value is -4.29. The zero-order valence-electron chi connectivity index (χ0n) is 19.9. The van der Waals surface area contributed by atoms with Gasteiger partial charge in [-0.1, -0.05) is 53.4 Å². The van der Waals surface area contributed by atoms with E-state index < -0.39 is 39.6 Å². The maximum absolute atomic E-state index is 13.9. The number of aromatic amines is 1. The molecular weight excluding hydrogens is 545 g/mol. The number of thioether (sulfide) groups is 1. The molecular formula is C27H18FN3O6S2. The van der Waals surface area contributed by atoms with E-state index in [1.165, 1.54) is 30.3 Å². The third kappa shape index (κ3) is 4.41. The lowest BCUT2D eigenvalue weighted by Gasteiger charge is -2.30. The number of amides is 2. The van der Waals surface area contributed by atoms with Crippen LogP contribution in [-0.2, 0) is 16.2 Å². The van der Waals surface area contributed by atoms with Crippen molar-refractivity contribution >= 4 is 46.3 Å². The number of fused-ring (bicyclic) bond motifs is 2. The minimum absolute atomic E-state index is 0.159. The summed E-state index contributed by atoms with van der Waals surface area (Å²) in [7, 11) is 0. The lowest BCUT2D eigenvalue weighted by Crippen LogP contribution is -2.32. The first-order valence-electron chi connectivity index (χ1n) is 11.8. The number of rotatable bonds is 6. The van der Waals surface area contributed by atoms with Crippen molar-refractivity contribution < 1.29 is 23.6 Å². The number of aromatic nitrogens is 1. The van der Waals surface area contributed by atoms with Gasteiger partial charge in [0.1, 0.15) is 23.4 Å². The summed E-state index contributed by atoms with van der Waals surface area (Å²) < 4.78 is 19.7. The highest BCUT2D eigenvalue weighted by Gasteiger charge is 2.57. The summed E-state index contributed by atoms with van der Waals surface area (Å²) in [5.41, 5.74) is 1.19. The maximum atomic E-state index is 13.9. The lowest BCUT2D eigenvalue weighted by atomic mass is 9.82. The van der Waals surface area contributed by atoms with Crippen LogP contribution < -0.4 is 14.5 Å². The number of H-pyrrole nitrogens is 1. The third-order valence-corrected chi connectivity index (χ3v) is 9.09. The number of nitrogens with zero attached hydrogens (tertiary/aromatic N) is 2. The van der Waals surface area contributed by atoms with Crippen LogP contribution in [0.15, 0.2) is 82.6 Å². The number of hydrogen-bond acceptors (Lipinski definition) is 8. The molecule has 1 fully saturated rings. The zero-order chi connectivity index (χ0) is 27.3. The standard InChI is InChI=1S/C27H18FN3O6S2/c28-15-6-8-16(9-7-15)30-25(32)21-20(22-24(29-27(34)39-22)38-23(21)26(30)33)18-12-17(31(35)36)10-11-19(18)37-13-14-4-2-1-3-5-14/h1-12,20-21,23H,13H2,(H,29,34). The largest absolute Gasteiger partial charge is 0.489 e. The number of nitrogens with one attached hydrogen (secondary N) is 1. The molecule has 0 saturated carbocycles. The normalized spacial score (nSPS) is 20.0. The summed E-state index contributed by atoms with van der Waals surface area (Å²) in [4.78, 5) is 54.9. The summed E-state index contributed by atoms with van der Waals surface area (Å²) in [5, 5.41) is 11.3. The Labute approximate surface area is 228 Å². The van der Waals surface area contributed by atoms with Crippen molar-refractivity contribution in [3.05, 3.63) is 114 Å². The van der Waals surface area contributed by atoms with E-state index in [1.54, 1.807) is 0 Å². The Kier molecular flexibility index (Phi) is 6.28. The highest BCUT2D eigenvalue weighted by molar-refractivity contribution is 8.00. The smallest absolute Gasteiger partial charge is 0.305 e. The second-order valence-corrected chi connectivity index (χ2v) is 11.2. The van der Waals surface area contributed by atoms with Crippen LogP contribution in [0.1, 0.15) is 21.9 Å². The molecule has 196 valence electrons. The van der Waals surface area contributed by atoms with Gasteiger partial charge in [-0.25, -0.2) is 9.29 Å². The summed E-state index contributed by atoms with van der Waals surface area (Å²) in [6.45, 7) is 0.159. The molecule has 3 heterocycles. The van der Waals surface area contributed by atoms with Crippen LogP contribution in [0.25, 0.3) is 0 Å². The van der Waals surface area contributed by atoms with Crippen molar-refractivity contribution in [2.45, 2.75) is 22.8 Å². The zero-order valence-corrected chi connectivity index (χ0v) is 21.5. The van der Waals surface area contributed by atoms with Gasteiger partial charge in [-0.15, -0.1) is 0 Å². The average molecular weight is 564 g/mol. The molecule has 0 spiro atoms. The first-order valence-corrected chi connectivity index (χ1v) is 13.5. The number of non-ortho nitro benzene ring substituents is 1. The number of carbonyl (C=O) groups is 2. The van der Waals surface area contributed by atoms with Crippen LogP contribution in [0.4, 0.5) is 15.8 Å². The lowest BCUT2D eigenvalue weighted by molar-refractivity contribution is -0.385. The van der Waals surface area contributed by atoms with Gasteiger partial charge in [0.15, 0.2) is 0 Å². The summed E-state index contributed by atoms with van der Waals surface area (Å²) >= 11 is 1.97. The molecule has 3 aromatic carbocycles. The molecule has 2 aliphatic rings. The number of thiazole rings is 1. The maximum Gasteiger partial charge on any atom is 0.305 e. The number of imide groups is 1. The highest BCUT2D eigenvalue weighted by atomic mass is 32.2. The van der Waals surface area contributed by atoms with Crippen molar-refractivity contribution in [3.63, 3.8) is 0 Å². The van der Waals surface area contributed by atoms with Gasteiger partial charge in [0.25, 0.3) is 5.69 Å². The number of hydrogen-bond donors (Lipinski definition) is 1. The molecule has 39 heavy (non-hydrogen) atoms. The van der Waals surface area contributed by atoms with Gasteiger partial charge in [0, 0.05) is 28.5 Å². The molecule has 0 bridgehead atoms. The summed E-state index contributed by atoms with van der Waals surface area (Å²) in [6, 6.07) is 18.5. The Morgan fingerprint density at radius 3 is 2.46 bits per heavy atom. The van der Waals surface area contributed by atoms with Crippen LogP contribution in [0.5, 0.6) is 5.75 Å². The molecule has 0 radical (unpaired) electrons. The molecule has 1 saturated heterocycles. The van der Waals surface area contributed by atoms with E-state index in [-0.39, 0.29) is 22.9 Å². The van der Waals surface area contributed by atoms with Gasteiger partial charge < -0.3 is 9.72 Å². The minimum atomic E-state index is -0.979. The minimum Gasteiger partial charge on any atom is -0.489 e. The molecule has 1 aromatic heterocycles. The fraction of sp³-hybridized carbons (Fsp3) is 0.148. The molecule has 3 unspecified atom stereocenters. The summed E-state index contributed by atoms with van der Waals surface area (Å²) in [6.07, 6.45) is 0. The van der Waals surface area contributed by atoms with Crippen molar-refractivity contribution in [2.24, 2.45) is 5.92 Å². The topological polar surface area (TPSA) is 123 Å². The van der Waals surface area contributed by atoms with Gasteiger partial charge in [0.2, 0.25) is 11.8 Å². The van der Waals surface area contributed by atoms with E-state index in [0.29, 0.717) is 21.2 Å². The number of carbonyl (C=O) groups excluding carboxylic acids is 2. The van der Waals surface area contributed by atoms with E-state index in [1.807, 2.05) is 30.3 Å². The number of ether oxygens (including phenoxy) is 1. The monoisotopic (exact) mass is 563 g/mol. The predicted molar refractivity (Wildman–Crippen MR) is 143 cm³/mol. The molecule has 12 heteroatoms. The van der Waals surface area contributed by atoms with Crippen LogP contribution in [0, 0.1) is 21.8 Å². The Morgan fingerprint density at radius 1 is 1.00 bits per heavy atom. The fourth-order valence-corrected chi connectivity index (χ4v) is 7.46. The van der Waals surface area contributed by atoms with Crippen LogP contribution in [0.2, 0.25) is 0 Å². The summed E-state index contributed by atoms with van der Waals surface area (Å²) in [5.74, 6) is -3.12. The molecule has 6 rings (SSSR count). The molecule has 4 aromatic rings. The Balaban J connectivity index is 1.48. The van der Waals surface area contributed by atoms with Gasteiger partial charge in [0.05, 0.1) is 21.6 Å². The van der Waals surface area contributed by atoms with E-state index in [4.69, 9.17) is 4.74 Å². The average Bonchev–Trinajstić information content (AvgIpc) is 3.42. The van der Waals surface area contributed by atoms with E-state index in [0.717, 1.165) is 45.7 Å². The second-order valence-electron chi connectivity index (χ2n) is 8.99. The van der Waals surface area contributed by atoms with Crippen LogP contribution in [0.3, 0.4) is 0 Å². The Morgan fingerprint density at radius 2 is 1.74 bits per heavy atom. The molecule has 2 amide bonds. The first-order chi connectivity index (χ1) is 18.8. The number of nitro benzene ring substituents is 1. The van der Waals surface area contributed by atoms with E-state index >= 15 is 0 Å². The fourth-order valence-electron chi connectivity index (χ4n) is 4.96. The van der Waals surface area contributed by atoms with Crippen molar-refractivity contribution in [1.82, 2.24) is 4.98 Å². The van der Waals surface area contributed by atoms with Gasteiger partial charge >= 0.3 is 4.87 Å². The SMILES string of the molecule is O=C1C2Sc3[nH]c(=O)sc3C(c3cc([N+](=O)[O-])ccc3OCc3ccccc3)C2C(=O)N1c1ccc(F)cc1. The molecule has 9 nitrogen and oxygen atoms in total. The highest BCUT2D eigenvalue weighted by Crippen LogP contribution is 2.55. The van der Waals surface area contributed by atoms with Gasteiger partial charge in [-0.3, -0.25) is 24.5 Å². The van der Waals surface area contributed by atoms with Crippen molar-refractivity contribution in [2.75, 3.05) is 4.90 Å². The molecule has 2 aliphatic heterocycles. The predicted octanol–water partition coefficient (Wildman–Crippen LogP) is 4.86. The molecule has 1 N–H and O–H groups in total.